The molecule has 0 atom stereocenters. The van der Waals surface area contributed by atoms with Crippen molar-refractivity contribution in [2.24, 2.45) is 7.05 Å². The number of thiophene rings is 1. The van der Waals surface area contributed by atoms with Crippen molar-refractivity contribution >= 4 is 28.0 Å². The van der Waals surface area contributed by atoms with Crippen LogP contribution in [0.1, 0.15) is 0 Å². The molecule has 0 bridgehead atoms. The highest BCUT2D eigenvalue weighted by atomic mass is 32.1. The molecule has 3 rings (SSSR count). The fraction of sp³-hybridized carbons (Fsp3) is 0.0769. The molecule has 0 radical (unpaired) electrons. The molecule has 4 nitrogen and oxygen atoms in total. The van der Waals surface area contributed by atoms with Crippen molar-refractivity contribution in [3.63, 3.8) is 0 Å². The average molecular weight is 258 g/mol. The van der Waals surface area contributed by atoms with Crippen molar-refractivity contribution in [3.05, 3.63) is 35.7 Å². The van der Waals surface area contributed by atoms with Crippen molar-refractivity contribution < 1.29 is 9.53 Å². The molecule has 5 heteroatoms. The van der Waals surface area contributed by atoms with E-state index in [1.807, 2.05) is 41.4 Å². The molecule has 1 aromatic carbocycles. The Morgan fingerprint density at radius 2 is 2.28 bits per heavy atom. The van der Waals surface area contributed by atoms with Gasteiger partial charge in [-0.15, -0.1) is 11.3 Å². The first-order chi connectivity index (χ1) is 8.79. The van der Waals surface area contributed by atoms with Gasteiger partial charge in [0.15, 0.2) is 0 Å². The second-order valence-corrected chi connectivity index (χ2v) is 4.77. The highest BCUT2D eigenvalue weighted by molar-refractivity contribution is 7.17. The van der Waals surface area contributed by atoms with E-state index >= 15 is 0 Å². The number of ether oxygens (including phenoxy) is 1. The van der Waals surface area contributed by atoms with Gasteiger partial charge in [0, 0.05) is 12.6 Å². The number of hydrogen-bond acceptors (Lipinski definition) is 4. The summed E-state index contributed by atoms with van der Waals surface area (Å²) in [6, 6.07) is 9.41. The number of hydrogen-bond donors (Lipinski definition) is 0. The van der Waals surface area contributed by atoms with E-state index in [0.29, 0.717) is 12.2 Å². The van der Waals surface area contributed by atoms with E-state index in [9.17, 15) is 4.79 Å². The molecule has 3 aromatic rings. The van der Waals surface area contributed by atoms with Gasteiger partial charge in [-0.1, -0.05) is 12.1 Å². The van der Waals surface area contributed by atoms with Gasteiger partial charge in [-0.05, 0) is 23.6 Å². The van der Waals surface area contributed by atoms with Crippen molar-refractivity contribution in [3.8, 4) is 17.0 Å². The molecule has 18 heavy (non-hydrogen) atoms. The summed E-state index contributed by atoms with van der Waals surface area (Å²) in [5.41, 5.74) is 2.97. The number of aryl methyl sites for hydroxylation is 1. The summed E-state index contributed by atoms with van der Waals surface area (Å²) >= 11 is 1.66. The Hall–Kier alpha value is -2.14. The SMILES string of the molecule is Cn1nc(-c2cccc(OC=O)c2)c2sccc21. The van der Waals surface area contributed by atoms with Crippen LogP contribution in [0.4, 0.5) is 0 Å². The molecule has 0 fully saturated rings. The van der Waals surface area contributed by atoms with Crippen LogP contribution in [0.25, 0.3) is 21.5 Å². The third-order valence-electron chi connectivity index (χ3n) is 2.75. The first kappa shape index (κ1) is 11.0. The Balaban J connectivity index is 2.16. The molecule has 0 aliphatic rings. The number of benzene rings is 1. The predicted octanol–water partition coefficient (Wildman–Crippen LogP) is 2.84. The summed E-state index contributed by atoms with van der Waals surface area (Å²) in [6.45, 7) is 0.429. The van der Waals surface area contributed by atoms with Crippen LogP contribution >= 0.6 is 11.3 Å². The van der Waals surface area contributed by atoms with Crippen molar-refractivity contribution in [1.82, 2.24) is 9.78 Å². The third-order valence-corrected chi connectivity index (χ3v) is 3.66. The van der Waals surface area contributed by atoms with Crippen LogP contribution < -0.4 is 4.74 Å². The zero-order valence-corrected chi connectivity index (χ0v) is 10.5. The minimum Gasteiger partial charge on any atom is -0.429 e. The molecule has 0 spiro atoms. The Labute approximate surface area is 107 Å². The topological polar surface area (TPSA) is 44.1 Å². The quantitative estimate of drug-likeness (QED) is 0.678. The highest BCUT2D eigenvalue weighted by Crippen LogP contribution is 2.32. The zero-order valence-electron chi connectivity index (χ0n) is 9.66. The van der Waals surface area contributed by atoms with Gasteiger partial charge in [-0.25, -0.2) is 0 Å². The minimum absolute atomic E-state index is 0.429. The molecule has 2 heterocycles. The van der Waals surface area contributed by atoms with Crippen LogP contribution in [0.3, 0.4) is 0 Å². The number of nitrogens with zero attached hydrogens (tertiary/aromatic N) is 2. The second-order valence-electron chi connectivity index (χ2n) is 3.85. The predicted molar refractivity (Wildman–Crippen MR) is 70.7 cm³/mol. The summed E-state index contributed by atoms with van der Waals surface area (Å²) < 4.78 is 7.85. The molecule has 0 saturated carbocycles. The van der Waals surface area contributed by atoms with Gasteiger partial charge >= 0.3 is 0 Å². The lowest BCUT2D eigenvalue weighted by atomic mass is 10.1. The van der Waals surface area contributed by atoms with Gasteiger partial charge in [0.1, 0.15) is 11.4 Å². The van der Waals surface area contributed by atoms with Gasteiger partial charge in [0.05, 0.1) is 10.2 Å². The maximum absolute atomic E-state index is 10.4. The lowest BCUT2D eigenvalue weighted by Crippen LogP contribution is -1.91. The lowest BCUT2D eigenvalue weighted by Gasteiger charge is -2.00. The average Bonchev–Trinajstić information content (AvgIpc) is 2.95. The van der Waals surface area contributed by atoms with Crippen LogP contribution in [-0.2, 0) is 11.8 Å². The highest BCUT2D eigenvalue weighted by Gasteiger charge is 2.12. The van der Waals surface area contributed by atoms with Crippen LogP contribution in [0.5, 0.6) is 5.75 Å². The number of rotatable bonds is 3. The minimum atomic E-state index is 0.429. The maximum atomic E-state index is 10.4. The standard InChI is InChI=1S/C13H10N2O2S/c1-15-11-5-6-18-13(11)12(14-15)9-3-2-4-10(7-9)17-8-16/h2-8H,1H3. The van der Waals surface area contributed by atoms with Crippen LogP contribution in [0, 0.1) is 0 Å². The molecule has 90 valence electrons. The monoisotopic (exact) mass is 258 g/mol. The van der Waals surface area contributed by atoms with Gasteiger partial charge in [-0.2, -0.15) is 5.10 Å². The smallest absolute Gasteiger partial charge is 0.298 e. The van der Waals surface area contributed by atoms with Crippen molar-refractivity contribution in [1.29, 1.82) is 0 Å². The summed E-state index contributed by atoms with van der Waals surface area (Å²) in [6.07, 6.45) is 0. The summed E-state index contributed by atoms with van der Waals surface area (Å²) in [4.78, 5) is 10.4. The number of carbonyl (C=O) groups is 1. The van der Waals surface area contributed by atoms with E-state index in [1.165, 1.54) is 0 Å². The largest absolute Gasteiger partial charge is 0.429 e. The Bertz CT molecular complexity index is 715. The Morgan fingerprint density at radius 1 is 1.39 bits per heavy atom. The maximum Gasteiger partial charge on any atom is 0.298 e. The summed E-state index contributed by atoms with van der Waals surface area (Å²) in [5.74, 6) is 0.526. The van der Waals surface area contributed by atoms with Gasteiger partial charge in [0.2, 0.25) is 0 Å². The third kappa shape index (κ3) is 1.69. The van der Waals surface area contributed by atoms with Crippen LogP contribution in [0.15, 0.2) is 35.7 Å². The fourth-order valence-corrected chi connectivity index (χ4v) is 2.87. The van der Waals surface area contributed by atoms with Gasteiger partial charge in [-0.3, -0.25) is 9.48 Å². The first-order valence-corrected chi connectivity index (χ1v) is 6.28. The van der Waals surface area contributed by atoms with E-state index in [2.05, 4.69) is 5.10 Å². The molecular weight excluding hydrogens is 248 g/mol. The number of aromatic nitrogens is 2. The van der Waals surface area contributed by atoms with E-state index in [0.717, 1.165) is 21.5 Å². The first-order valence-electron chi connectivity index (χ1n) is 5.40. The number of fused-ring (bicyclic) bond motifs is 1. The van der Waals surface area contributed by atoms with Crippen molar-refractivity contribution in [2.45, 2.75) is 0 Å². The van der Waals surface area contributed by atoms with E-state index in [1.54, 1.807) is 17.4 Å². The fourth-order valence-electron chi connectivity index (χ4n) is 1.94. The molecule has 0 amide bonds. The molecular formula is C13H10N2O2S. The summed E-state index contributed by atoms with van der Waals surface area (Å²) in [5, 5.41) is 6.55. The molecule has 2 aromatic heterocycles. The Kier molecular flexibility index (Phi) is 2.60. The molecule has 0 aliphatic carbocycles. The Morgan fingerprint density at radius 3 is 3.11 bits per heavy atom. The van der Waals surface area contributed by atoms with E-state index in [4.69, 9.17) is 4.74 Å². The van der Waals surface area contributed by atoms with Crippen molar-refractivity contribution in [2.75, 3.05) is 0 Å². The van der Waals surface area contributed by atoms with Crippen LogP contribution in [0.2, 0.25) is 0 Å². The zero-order chi connectivity index (χ0) is 12.5. The van der Waals surface area contributed by atoms with Gasteiger partial charge < -0.3 is 4.74 Å². The molecule has 0 N–H and O–H groups in total. The normalized spacial score (nSPS) is 10.7. The van der Waals surface area contributed by atoms with E-state index < -0.39 is 0 Å². The molecule has 0 saturated heterocycles. The van der Waals surface area contributed by atoms with Gasteiger partial charge in [0.25, 0.3) is 6.47 Å². The van der Waals surface area contributed by atoms with E-state index in [-0.39, 0.29) is 0 Å². The summed E-state index contributed by atoms with van der Waals surface area (Å²) in [7, 11) is 1.92. The molecule has 0 aliphatic heterocycles. The second kappa shape index (κ2) is 4.27. The number of carbonyl (C=O) groups excluding carboxylic acids is 1. The lowest BCUT2D eigenvalue weighted by molar-refractivity contribution is -0.120. The molecule has 0 unspecified atom stereocenters. The van der Waals surface area contributed by atoms with Crippen LogP contribution in [-0.4, -0.2) is 16.3 Å².